The van der Waals surface area contributed by atoms with Crippen molar-refractivity contribution in [2.45, 2.75) is 138 Å². The van der Waals surface area contributed by atoms with Crippen molar-refractivity contribution in [2.24, 2.45) is 51.2 Å². The number of hydrogen-bond donors (Lipinski definition) is 2. The topological polar surface area (TPSA) is 136 Å². The third kappa shape index (κ3) is 5.28. The van der Waals surface area contributed by atoms with Gasteiger partial charge in [0.05, 0.1) is 17.4 Å². The number of aryl methyl sites for hydroxylation is 1. The lowest BCUT2D eigenvalue weighted by molar-refractivity contribution is -0.213. The van der Waals surface area contributed by atoms with Crippen molar-refractivity contribution < 1.29 is 33.4 Å². The van der Waals surface area contributed by atoms with Crippen LogP contribution in [0.4, 0.5) is 0 Å². The zero-order valence-electron chi connectivity index (χ0n) is 30.5. The Hall–Kier alpha value is -2.97. The molecule has 4 fully saturated rings. The number of hydrogen-bond acceptors (Lipinski definition) is 7. The number of carboxylic acids is 1. The molecule has 5 aliphatic carbocycles. The smallest absolute Gasteiger partial charge is 0.309 e. The molecule has 0 radical (unpaired) electrons. The first-order valence-corrected chi connectivity index (χ1v) is 18.2. The Kier molecular flexibility index (Phi) is 8.39. The quantitative estimate of drug-likeness (QED) is 0.287. The van der Waals surface area contributed by atoms with Gasteiger partial charge in [-0.25, -0.2) is 4.98 Å². The van der Waals surface area contributed by atoms with Gasteiger partial charge in [0.1, 0.15) is 12.4 Å². The van der Waals surface area contributed by atoms with E-state index in [1.165, 1.54) is 11.8 Å². The molecule has 1 heterocycles. The minimum Gasteiger partial charge on any atom is -0.481 e. The molecular formula is C39H56N2O7. The second-order valence-electron chi connectivity index (χ2n) is 18.1. The Labute approximate surface area is 285 Å². The standard InChI is InChI=1S/C39H56N2O7/c1-21(2)31-26(42)18-39(41-33(44)25-20-47-22(3)40-25)17-12-24-23(32(31)39)10-11-28-37(24,8)15-13-27-36(6,7)29(14-16-38(27,28)9)48-30(43)19-35(4,5)34(45)46/h20-21,23-24,27-29H,10-19H2,1-9H3,(H,41,44)(H,45,46)/t23?,24?,27?,28?,29-,37?,38-,39+/m0/s1. The lowest BCUT2D eigenvalue weighted by Gasteiger charge is -2.68. The molecule has 1 aromatic heterocycles. The van der Waals surface area contributed by atoms with E-state index in [0.29, 0.717) is 30.1 Å². The molecule has 8 atom stereocenters. The van der Waals surface area contributed by atoms with Crippen LogP contribution < -0.4 is 5.32 Å². The molecule has 0 saturated heterocycles. The predicted octanol–water partition coefficient (Wildman–Crippen LogP) is 7.47. The zero-order chi connectivity index (χ0) is 35.2. The summed E-state index contributed by atoms with van der Waals surface area (Å²) in [5, 5.41) is 12.9. The van der Waals surface area contributed by atoms with Gasteiger partial charge in [0.15, 0.2) is 17.4 Å². The molecule has 1 amide bonds. The number of nitrogens with zero attached hydrogens (tertiary/aromatic N) is 1. The van der Waals surface area contributed by atoms with E-state index < -0.39 is 22.9 Å². The van der Waals surface area contributed by atoms with Crippen molar-refractivity contribution in [1.29, 1.82) is 0 Å². The zero-order valence-corrected chi connectivity index (χ0v) is 30.5. The largest absolute Gasteiger partial charge is 0.481 e. The van der Waals surface area contributed by atoms with Gasteiger partial charge in [0, 0.05) is 18.8 Å². The van der Waals surface area contributed by atoms with Crippen LogP contribution in [-0.2, 0) is 19.1 Å². The molecule has 0 aliphatic heterocycles. The van der Waals surface area contributed by atoms with Crippen LogP contribution in [0.1, 0.15) is 136 Å². The molecule has 5 unspecified atom stereocenters. The first-order chi connectivity index (χ1) is 22.3. The molecule has 0 aromatic carbocycles. The summed E-state index contributed by atoms with van der Waals surface area (Å²) < 4.78 is 11.5. The number of carboxylic acid groups (broad SMARTS) is 1. The normalized spacial score (nSPS) is 37.3. The molecule has 0 spiro atoms. The van der Waals surface area contributed by atoms with Gasteiger partial charge in [-0.05, 0) is 117 Å². The summed E-state index contributed by atoms with van der Waals surface area (Å²) in [6.45, 7) is 18.6. The lowest BCUT2D eigenvalue weighted by atomic mass is 9.37. The second kappa shape index (κ2) is 11.5. The summed E-state index contributed by atoms with van der Waals surface area (Å²) in [6, 6.07) is 0. The maximum Gasteiger partial charge on any atom is 0.309 e. The number of fused-ring (bicyclic) bond motifs is 7. The number of ketones is 1. The Morgan fingerprint density at radius 1 is 1.02 bits per heavy atom. The van der Waals surface area contributed by atoms with Gasteiger partial charge >= 0.3 is 11.9 Å². The van der Waals surface area contributed by atoms with Crippen molar-refractivity contribution in [3.8, 4) is 0 Å². The van der Waals surface area contributed by atoms with Crippen LogP contribution in [0.3, 0.4) is 0 Å². The molecule has 9 nitrogen and oxygen atoms in total. The van der Waals surface area contributed by atoms with E-state index in [1.54, 1.807) is 20.8 Å². The first-order valence-electron chi connectivity index (χ1n) is 18.2. The number of nitrogens with one attached hydrogen (secondary N) is 1. The molecule has 0 bridgehead atoms. The first kappa shape index (κ1) is 34.9. The van der Waals surface area contributed by atoms with Gasteiger partial charge in [0.25, 0.3) is 5.91 Å². The number of ether oxygens (including phenoxy) is 1. The molecule has 5 aliphatic rings. The van der Waals surface area contributed by atoms with Crippen LogP contribution in [0.15, 0.2) is 21.8 Å². The van der Waals surface area contributed by atoms with Gasteiger partial charge in [-0.1, -0.05) is 41.5 Å². The van der Waals surface area contributed by atoms with E-state index in [9.17, 15) is 24.3 Å². The molecular weight excluding hydrogens is 608 g/mol. The minimum atomic E-state index is -1.17. The molecule has 264 valence electrons. The number of amides is 1. The number of aliphatic carboxylic acids is 1. The van der Waals surface area contributed by atoms with E-state index >= 15 is 0 Å². The van der Waals surface area contributed by atoms with Crippen molar-refractivity contribution in [1.82, 2.24) is 10.3 Å². The van der Waals surface area contributed by atoms with Crippen LogP contribution >= 0.6 is 0 Å². The average molecular weight is 665 g/mol. The van der Waals surface area contributed by atoms with Gasteiger partial charge in [-0.3, -0.25) is 19.2 Å². The van der Waals surface area contributed by atoms with E-state index in [1.807, 2.05) is 0 Å². The van der Waals surface area contributed by atoms with E-state index in [-0.39, 0.29) is 58.0 Å². The fourth-order valence-corrected chi connectivity index (χ4v) is 12.0. The van der Waals surface area contributed by atoms with Crippen molar-refractivity contribution in [3.05, 3.63) is 29.0 Å². The highest BCUT2D eigenvalue weighted by molar-refractivity contribution is 6.03. The Morgan fingerprint density at radius 2 is 1.71 bits per heavy atom. The third-order valence-corrected chi connectivity index (χ3v) is 14.2. The van der Waals surface area contributed by atoms with Gasteiger partial charge in [0.2, 0.25) is 0 Å². The number of rotatable bonds is 7. The molecule has 9 heteroatoms. The predicted molar refractivity (Wildman–Crippen MR) is 180 cm³/mol. The third-order valence-electron chi connectivity index (χ3n) is 14.2. The summed E-state index contributed by atoms with van der Waals surface area (Å²) in [5.41, 5.74) is 0.441. The van der Waals surface area contributed by atoms with Crippen molar-refractivity contribution in [3.63, 3.8) is 0 Å². The summed E-state index contributed by atoms with van der Waals surface area (Å²) in [6.07, 6.45) is 8.94. The van der Waals surface area contributed by atoms with Crippen LogP contribution in [0.2, 0.25) is 0 Å². The Balaban J connectivity index is 1.27. The highest BCUT2D eigenvalue weighted by Crippen LogP contribution is 2.72. The number of allylic oxidation sites excluding steroid dienone is 1. The van der Waals surface area contributed by atoms with Gasteiger partial charge in [-0.15, -0.1) is 0 Å². The van der Waals surface area contributed by atoms with Crippen LogP contribution in [0.5, 0.6) is 0 Å². The monoisotopic (exact) mass is 664 g/mol. The number of oxazole rings is 1. The van der Waals surface area contributed by atoms with Crippen LogP contribution in [-0.4, -0.2) is 45.4 Å². The minimum absolute atomic E-state index is 0.0685. The van der Waals surface area contributed by atoms with Crippen LogP contribution in [0.25, 0.3) is 0 Å². The number of Topliss-reactive ketones (excluding diaryl/α,β-unsaturated/α-hetero) is 1. The average Bonchev–Trinajstić information content (AvgIpc) is 3.54. The summed E-state index contributed by atoms with van der Waals surface area (Å²) in [7, 11) is 0. The van der Waals surface area contributed by atoms with Crippen LogP contribution in [0, 0.1) is 58.2 Å². The Bertz CT molecular complexity index is 1550. The van der Waals surface area contributed by atoms with E-state index in [0.717, 1.165) is 56.9 Å². The second-order valence-corrected chi connectivity index (χ2v) is 18.1. The number of esters is 1. The highest BCUT2D eigenvalue weighted by atomic mass is 16.5. The number of carbonyl (C=O) groups excluding carboxylic acids is 3. The van der Waals surface area contributed by atoms with Gasteiger partial charge in [-0.2, -0.15) is 0 Å². The summed E-state index contributed by atoms with van der Waals surface area (Å²) in [5.74, 6) is 0.503. The summed E-state index contributed by atoms with van der Waals surface area (Å²) >= 11 is 0. The molecule has 4 saturated carbocycles. The van der Waals surface area contributed by atoms with E-state index in [2.05, 4.69) is 51.8 Å². The van der Waals surface area contributed by atoms with E-state index in [4.69, 9.17) is 9.15 Å². The number of carbonyl (C=O) groups is 4. The maximum absolute atomic E-state index is 13.8. The highest BCUT2D eigenvalue weighted by Gasteiger charge is 2.67. The summed E-state index contributed by atoms with van der Waals surface area (Å²) in [4.78, 5) is 56.2. The van der Waals surface area contributed by atoms with Crippen molar-refractivity contribution in [2.75, 3.05) is 0 Å². The molecule has 6 rings (SSSR count). The lowest BCUT2D eigenvalue weighted by Crippen LogP contribution is -2.64. The fraction of sp³-hybridized carbons (Fsp3) is 0.769. The molecule has 1 aromatic rings. The fourth-order valence-electron chi connectivity index (χ4n) is 12.0. The van der Waals surface area contributed by atoms with Crippen molar-refractivity contribution >= 4 is 23.6 Å². The van der Waals surface area contributed by atoms with Gasteiger partial charge < -0.3 is 19.6 Å². The molecule has 48 heavy (non-hydrogen) atoms. The molecule has 2 N–H and O–H groups in total. The Morgan fingerprint density at radius 3 is 2.33 bits per heavy atom. The SMILES string of the molecule is Cc1nc(C(=O)N[C@@]23CCC4C(CCC5C4(C)CCC4C(C)(C)[C@@H](OC(=O)CC(C)(C)C(=O)O)CC[C@]54C)C2=C(C(C)C)C(=O)C3)co1. The number of aromatic nitrogens is 1. The maximum atomic E-state index is 13.8.